The highest BCUT2D eigenvalue weighted by atomic mass is 32.2. The monoisotopic (exact) mass is 387 g/mol. The summed E-state index contributed by atoms with van der Waals surface area (Å²) in [5.74, 6) is 0.615. The Kier molecular flexibility index (Phi) is 5.80. The molecule has 0 saturated carbocycles. The molecule has 7 heteroatoms. The molecule has 1 heterocycles. The molecule has 136 valence electrons. The van der Waals surface area contributed by atoms with Gasteiger partial charge in [0.15, 0.2) is 5.16 Å². The summed E-state index contributed by atoms with van der Waals surface area (Å²) in [6.07, 6.45) is 2.35. The SMILES string of the molecule is Cc1ccc(-n2c(-c3ccccc3)cnc2SCCCS(N)(=O)=O)cc1. The molecule has 0 unspecified atom stereocenters. The number of nitrogens with two attached hydrogens (primary N) is 1. The lowest BCUT2D eigenvalue weighted by Crippen LogP contribution is -2.16. The number of thioether (sulfide) groups is 1. The number of sulfonamides is 1. The predicted octanol–water partition coefficient (Wildman–Crippen LogP) is 3.62. The normalized spacial score (nSPS) is 11.6. The Morgan fingerprint density at radius 2 is 1.77 bits per heavy atom. The first-order valence-corrected chi connectivity index (χ1v) is 11.0. The van der Waals surface area contributed by atoms with E-state index in [2.05, 4.69) is 52.9 Å². The van der Waals surface area contributed by atoms with Gasteiger partial charge in [0.2, 0.25) is 10.0 Å². The highest BCUT2D eigenvalue weighted by Crippen LogP contribution is 2.30. The van der Waals surface area contributed by atoms with Gasteiger partial charge in [-0.05, 0) is 25.5 Å². The van der Waals surface area contributed by atoms with Crippen molar-refractivity contribution in [1.29, 1.82) is 0 Å². The molecule has 26 heavy (non-hydrogen) atoms. The molecule has 0 atom stereocenters. The first kappa shape index (κ1) is 18.7. The molecule has 0 bridgehead atoms. The Balaban J connectivity index is 1.92. The van der Waals surface area contributed by atoms with Crippen LogP contribution in [0.5, 0.6) is 0 Å². The summed E-state index contributed by atoms with van der Waals surface area (Å²) in [5, 5.41) is 5.91. The third kappa shape index (κ3) is 4.75. The molecule has 0 radical (unpaired) electrons. The van der Waals surface area contributed by atoms with Crippen molar-refractivity contribution < 1.29 is 8.42 Å². The van der Waals surface area contributed by atoms with Crippen molar-refractivity contribution in [1.82, 2.24) is 9.55 Å². The second-order valence-corrected chi connectivity index (χ2v) is 8.83. The van der Waals surface area contributed by atoms with Crippen LogP contribution in [0.2, 0.25) is 0 Å². The van der Waals surface area contributed by atoms with E-state index in [9.17, 15) is 8.42 Å². The molecule has 5 nitrogen and oxygen atoms in total. The van der Waals surface area contributed by atoms with Crippen molar-refractivity contribution >= 4 is 21.8 Å². The summed E-state index contributed by atoms with van der Waals surface area (Å²) in [6, 6.07) is 18.4. The first-order chi connectivity index (χ1) is 12.4. The van der Waals surface area contributed by atoms with Gasteiger partial charge in [-0.15, -0.1) is 0 Å². The molecule has 0 aliphatic carbocycles. The number of hydrogen-bond donors (Lipinski definition) is 1. The molecular weight excluding hydrogens is 366 g/mol. The fourth-order valence-corrected chi connectivity index (χ4v) is 4.28. The Hall–Kier alpha value is -2.09. The van der Waals surface area contributed by atoms with Crippen LogP contribution in [0.25, 0.3) is 16.9 Å². The Morgan fingerprint density at radius 1 is 1.08 bits per heavy atom. The van der Waals surface area contributed by atoms with Crippen molar-refractivity contribution in [3.05, 3.63) is 66.4 Å². The quantitative estimate of drug-likeness (QED) is 0.496. The molecular formula is C19H21N3O2S2. The second kappa shape index (κ2) is 8.07. The zero-order valence-corrected chi connectivity index (χ0v) is 16.1. The van der Waals surface area contributed by atoms with Crippen molar-refractivity contribution in [2.24, 2.45) is 5.14 Å². The molecule has 3 aromatic rings. The van der Waals surface area contributed by atoms with E-state index in [1.807, 2.05) is 24.4 Å². The molecule has 3 rings (SSSR count). The van der Waals surface area contributed by atoms with Crippen LogP contribution in [0.4, 0.5) is 0 Å². The van der Waals surface area contributed by atoms with Crippen LogP contribution in [0, 0.1) is 6.92 Å². The Bertz CT molecular complexity index is 966. The van der Waals surface area contributed by atoms with Gasteiger partial charge in [-0.1, -0.05) is 59.8 Å². The van der Waals surface area contributed by atoms with E-state index >= 15 is 0 Å². The molecule has 0 saturated heterocycles. The summed E-state index contributed by atoms with van der Waals surface area (Å²) < 4.78 is 24.3. The largest absolute Gasteiger partial charge is 0.287 e. The molecule has 0 aliphatic rings. The van der Waals surface area contributed by atoms with Crippen molar-refractivity contribution in [2.75, 3.05) is 11.5 Å². The maximum Gasteiger partial charge on any atom is 0.209 e. The summed E-state index contributed by atoms with van der Waals surface area (Å²) >= 11 is 1.53. The average Bonchev–Trinajstić information content (AvgIpc) is 3.03. The van der Waals surface area contributed by atoms with Gasteiger partial charge >= 0.3 is 0 Å². The van der Waals surface area contributed by atoms with E-state index in [0.717, 1.165) is 22.1 Å². The van der Waals surface area contributed by atoms with Crippen LogP contribution in [0.1, 0.15) is 12.0 Å². The fourth-order valence-electron chi connectivity index (χ4n) is 2.62. The van der Waals surface area contributed by atoms with E-state index in [1.54, 1.807) is 0 Å². The van der Waals surface area contributed by atoms with E-state index in [0.29, 0.717) is 12.2 Å². The number of hydrogen-bond acceptors (Lipinski definition) is 4. The molecule has 2 aromatic carbocycles. The van der Waals surface area contributed by atoms with Crippen LogP contribution in [0.3, 0.4) is 0 Å². The van der Waals surface area contributed by atoms with Crippen LogP contribution in [0.15, 0.2) is 66.0 Å². The number of aromatic nitrogens is 2. The molecule has 0 aliphatic heterocycles. The number of aryl methyl sites for hydroxylation is 1. The lowest BCUT2D eigenvalue weighted by atomic mass is 10.1. The number of nitrogens with zero attached hydrogens (tertiary/aromatic N) is 2. The second-order valence-electron chi connectivity index (χ2n) is 6.03. The lowest BCUT2D eigenvalue weighted by molar-refractivity contribution is 0.596. The van der Waals surface area contributed by atoms with Crippen LogP contribution in [-0.4, -0.2) is 29.5 Å². The van der Waals surface area contributed by atoms with Gasteiger partial charge in [-0.2, -0.15) is 0 Å². The first-order valence-electron chi connectivity index (χ1n) is 8.27. The Labute approximate surface area is 158 Å². The van der Waals surface area contributed by atoms with Gasteiger partial charge in [0.05, 0.1) is 17.6 Å². The molecule has 0 spiro atoms. The van der Waals surface area contributed by atoms with Gasteiger partial charge in [0, 0.05) is 17.0 Å². The van der Waals surface area contributed by atoms with Crippen molar-refractivity contribution in [3.8, 4) is 16.9 Å². The van der Waals surface area contributed by atoms with Gasteiger partial charge < -0.3 is 0 Å². The minimum absolute atomic E-state index is 0.0171. The van der Waals surface area contributed by atoms with Gasteiger partial charge in [0.1, 0.15) is 0 Å². The van der Waals surface area contributed by atoms with Gasteiger partial charge in [-0.25, -0.2) is 18.5 Å². The van der Waals surface area contributed by atoms with Gasteiger partial charge in [-0.3, -0.25) is 4.57 Å². The summed E-state index contributed by atoms with van der Waals surface area (Å²) in [6.45, 7) is 2.05. The third-order valence-corrected chi connectivity index (χ3v) is 5.79. The zero-order valence-electron chi connectivity index (χ0n) is 14.5. The number of rotatable bonds is 7. The van der Waals surface area contributed by atoms with Crippen molar-refractivity contribution in [3.63, 3.8) is 0 Å². The third-order valence-electron chi connectivity index (χ3n) is 3.90. The molecule has 2 N–H and O–H groups in total. The minimum atomic E-state index is -3.42. The standard InChI is InChI=1S/C19H21N3O2S2/c1-15-8-10-17(11-9-15)22-18(16-6-3-2-4-7-16)14-21-19(22)25-12-5-13-26(20,23)24/h2-4,6-11,14H,5,12-13H2,1H3,(H2,20,23,24). The van der Waals surface area contributed by atoms with E-state index in [4.69, 9.17) is 5.14 Å². The van der Waals surface area contributed by atoms with Crippen LogP contribution < -0.4 is 5.14 Å². The topological polar surface area (TPSA) is 78.0 Å². The summed E-state index contributed by atoms with van der Waals surface area (Å²) in [4.78, 5) is 4.57. The molecule has 0 fully saturated rings. The highest BCUT2D eigenvalue weighted by molar-refractivity contribution is 7.99. The number of primary sulfonamides is 1. The zero-order chi connectivity index (χ0) is 18.6. The van der Waals surface area contributed by atoms with E-state index in [-0.39, 0.29) is 5.75 Å². The fraction of sp³-hybridized carbons (Fsp3) is 0.211. The van der Waals surface area contributed by atoms with E-state index < -0.39 is 10.0 Å². The minimum Gasteiger partial charge on any atom is -0.287 e. The predicted molar refractivity (Wildman–Crippen MR) is 107 cm³/mol. The Morgan fingerprint density at radius 3 is 2.42 bits per heavy atom. The van der Waals surface area contributed by atoms with Crippen molar-refractivity contribution in [2.45, 2.75) is 18.5 Å². The number of imidazole rings is 1. The number of benzene rings is 2. The average molecular weight is 388 g/mol. The maximum absolute atomic E-state index is 11.1. The summed E-state index contributed by atoms with van der Waals surface area (Å²) in [5.41, 5.74) is 4.30. The summed E-state index contributed by atoms with van der Waals surface area (Å²) in [7, 11) is -3.42. The van der Waals surface area contributed by atoms with Crippen LogP contribution >= 0.6 is 11.8 Å². The van der Waals surface area contributed by atoms with Gasteiger partial charge in [0.25, 0.3) is 0 Å². The highest BCUT2D eigenvalue weighted by Gasteiger charge is 2.14. The molecule has 0 amide bonds. The smallest absolute Gasteiger partial charge is 0.209 e. The maximum atomic E-state index is 11.1. The lowest BCUT2D eigenvalue weighted by Gasteiger charge is -2.12. The van der Waals surface area contributed by atoms with E-state index in [1.165, 1.54) is 17.3 Å². The van der Waals surface area contributed by atoms with Crippen LogP contribution in [-0.2, 0) is 10.0 Å². The molecule has 1 aromatic heterocycles.